The number of carbonyl (C=O) groups excluding carboxylic acids is 1. The number of esters is 1. The van der Waals surface area contributed by atoms with Crippen LogP contribution in [0.5, 0.6) is 0 Å². The molecular weight excluding hydrogens is 326 g/mol. The number of aryl methyl sites for hydroxylation is 1. The largest absolute Gasteiger partial charge is 0.465 e. The summed E-state index contributed by atoms with van der Waals surface area (Å²) in [6.45, 7) is 2.56. The molecule has 3 N–H and O–H groups in total. The molecule has 0 fully saturated rings. The van der Waals surface area contributed by atoms with E-state index in [1.54, 1.807) is 12.3 Å². The maximum Gasteiger partial charge on any atom is 0.338 e. The first-order valence-electron chi connectivity index (χ1n) is 8.31. The second kappa shape index (κ2) is 7.70. The topological polar surface area (TPSA) is 77.2 Å². The van der Waals surface area contributed by atoms with Crippen LogP contribution < -0.4 is 11.1 Å². The third-order valence-corrected chi connectivity index (χ3v) is 4.27. The Morgan fingerprint density at radius 1 is 1.12 bits per heavy atom. The zero-order chi connectivity index (χ0) is 18.5. The summed E-state index contributed by atoms with van der Waals surface area (Å²) in [5, 5.41) is 3.26. The van der Waals surface area contributed by atoms with Crippen molar-refractivity contribution in [2.24, 2.45) is 0 Å². The number of nitrogens with zero attached hydrogens (tertiary/aromatic N) is 1. The van der Waals surface area contributed by atoms with Crippen LogP contribution in [0, 0.1) is 6.92 Å². The van der Waals surface area contributed by atoms with Gasteiger partial charge in [0.05, 0.1) is 18.4 Å². The molecule has 1 heterocycles. The van der Waals surface area contributed by atoms with Crippen LogP contribution in [0.25, 0.3) is 11.1 Å². The number of benzene rings is 2. The minimum atomic E-state index is -0.340. The predicted molar refractivity (Wildman–Crippen MR) is 104 cm³/mol. The van der Waals surface area contributed by atoms with Gasteiger partial charge >= 0.3 is 5.97 Å². The van der Waals surface area contributed by atoms with Gasteiger partial charge in [-0.15, -0.1) is 0 Å². The van der Waals surface area contributed by atoms with E-state index in [1.165, 1.54) is 7.11 Å². The Balaban J connectivity index is 1.77. The molecule has 5 nitrogen and oxygen atoms in total. The normalized spacial score (nSPS) is 10.4. The number of pyridine rings is 1. The van der Waals surface area contributed by atoms with Crippen molar-refractivity contribution in [1.29, 1.82) is 0 Å². The fourth-order valence-electron chi connectivity index (χ4n) is 2.72. The van der Waals surface area contributed by atoms with Gasteiger partial charge in [-0.05, 0) is 41.3 Å². The number of hydrogen-bond donors (Lipinski definition) is 2. The molecule has 0 atom stereocenters. The van der Waals surface area contributed by atoms with Crippen molar-refractivity contribution in [2.45, 2.75) is 13.5 Å². The molecule has 5 heteroatoms. The number of carbonyl (C=O) groups is 1. The summed E-state index contributed by atoms with van der Waals surface area (Å²) in [6.07, 6.45) is 1.74. The molecule has 0 bridgehead atoms. The zero-order valence-electron chi connectivity index (χ0n) is 14.8. The van der Waals surface area contributed by atoms with Gasteiger partial charge in [-0.1, -0.05) is 42.5 Å². The molecule has 0 aliphatic heterocycles. The highest BCUT2D eigenvalue weighted by atomic mass is 16.5. The minimum absolute atomic E-state index is 0.340. The zero-order valence-corrected chi connectivity index (χ0v) is 14.8. The fourth-order valence-corrected chi connectivity index (χ4v) is 2.72. The molecule has 0 unspecified atom stereocenters. The van der Waals surface area contributed by atoms with E-state index >= 15 is 0 Å². The lowest BCUT2D eigenvalue weighted by Crippen LogP contribution is -2.05. The van der Waals surface area contributed by atoms with E-state index in [1.807, 2.05) is 55.5 Å². The average Bonchev–Trinajstić information content (AvgIpc) is 2.69. The van der Waals surface area contributed by atoms with Gasteiger partial charge in [-0.3, -0.25) is 0 Å². The quantitative estimate of drug-likeness (QED) is 0.681. The van der Waals surface area contributed by atoms with Crippen LogP contribution in [-0.4, -0.2) is 18.1 Å². The van der Waals surface area contributed by atoms with Crippen molar-refractivity contribution in [1.82, 2.24) is 4.98 Å². The molecule has 0 aliphatic carbocycles. The highest BCUT2D eigenvalue weighted by molar-refractivity contribution is 5.97. The monoisotopic (exact) mass is 347 g/mol. The Kier molecular flexibility index (Phi) is 5.17. The van der Waals surface area contributed by atoms with E-state index in [0.29, 0.717) is 23.6 Å². The van der Waals surface area contributed by atoms with Crippen LogP contribution in [-0.2, 0) is 11.3 Å². The van der Waals surface area contributed by atoms with Crippen LogP contribution in [0.2, 0.25) is 0 Å². The summed E-state index contributed by atoms with van der Waals surface area (Å²) in [7, 11) is 1.39. The number of rotatable bonds is 5. The van der Waals surface area contributed by atoms with Crippen molar-refractivity contribution in [3.05, 3.63) is 77.5 Å². The second-order valence-electron chi connectivity index (χ2n) is 5.98. The summed E-state index contributed by atoms with van der Waals surface area (Å²) in [5.74, 6) is 0.345. The van der Waals surface area contributed by atoms with Crippen LogP contribution in [0.3, 0.4) is 0 Å². The average molecular weight is 347 g/mol. The number of aromatic nitrogens is 1. The number of nitrogens with one attached hydrogen (secondary N) is 1. The third kappa shape index (κ3) is 3.67. The lowest BCUT2D eigenvalue weighted by Gasteiger charge is -2.11. The molecule has 0 saturated carbocycles. The van der Waals surface area contributed by atoms with E-state index in [0.717, 1.165) is 22.3 Å². The summed E-state index contributed by atoms with van der Waals surface area (Å²) in [6, 6.07) is 17.3. The predicted octanol–water partition coefficient (Wildman–Crippen LogP) is 4.04. The van der Waals surface area contributed by atoms with Crippen LogP contribution in [0.15, 0.2) is 60.8 Å². The highest BCUT2D eigenvalue weighted by Crippen LogP contribution is 2.25. The Bertz CT molecular complexity index is 921. The van der Waals surface area contributed by atoms with E-state index in [9.17, 15) is 4.79 Å². The Morgan fingerprint density at radius 3 is 2.58 bits per heavy atom. The number of nitrogens with two attached hydrogens (primary N) is 1. The molecule has 0 saturated heterocycles. The summed E-state index contributed by atoms with van der Waals surface area (Å²) in [5.41, 5.74) is 11.2. The number of methoxy groups -OCH3 is 1. The molecule has 0 spiro atoms. The molecule has 0 aliphatic rings. The van der Waals surface area contributed by atoms with Crippen molar-refractivity contribution in [3.8, 4) is 11.1 Å². The SMILES string of the molecule is COC(=O)c1ccccc1-c1ccc(CNc2nccc(C)c2N)cc1. The van der Waals surface area contributed by atoms with Crippen LogP contribution >= 0.6 is 0 Å². The fraction of sp³-hybridized carbons (Fsp3) is 0.143. The summed E-state index contributed by atoms with van der Waals surface area (Å²) < 4.78 is 4.86. The van der Waals surface area contributed by atoms with Gasteiger partial charge in [0.2, 0.25) is 0 Å². The van der Waals surface area contributed by atoms with Gasteiger partial charge in [-0.25, -0.2) is 9.78 Å². The van der Waals surface area contributed by atoms with Crippen molar-refractivity contribution in [2.75, 3.05) is 18.2 Å². The Labute approximate surface area is 152 Å². The van der Waals surface area contributed by atoms with E-state index in [2.05, 4.69) is 10.3 Å². The Hall–Kier alpha value is -3.34. The van der Waals surface area contributed by atoms with Gasteiger partial charge in [0, 0.05) is 12.7 Å². The molecule has 3 aromatic rings. The first kappa shape index (κ1) is 17.5. The first-order valence-corrected chi connectivity index (χ1v) is 8.31. The van der Waals surface area contributed by atoms with Gasteiger partial charge in [0.25, 0.3) is 0 Å². The molecule has 0 radical (unpaired) electrons. The van der Waals surface area contributed by atoms with Crippen molar-refractivity contribution in [3.63, 3.8) is 0 Å². The van der Waals surface area contributed by atoms with Gasteiger partial charge < -0.3 is 15.8 Å². The summed E-state index contributed by atoms with van der Waals surface area (Å²) in [4.78, 5) is 16.2. The smallest absolute Gasteiger partial charge is 0.338 e. The Morgan fingerprint density at radius 2 is 1.85 bits per heavy atom. The van der Waals surface area contributed by atoms with Gasteiger partial charge in [-0.2, -0.15) is 0 Å². The molecule has 2 aromatic carbocycles. The van der Waals surface area contributed by atoms with Crippen LogP contribution in [0.4, 0.5) is 11.5 Å². The molecule has 26 heavy (non-hydrogen) atoms. The highest BCUT2D eigenvalue weighted by Gasteiger charge is 2.12. The van der Waals surface area contributed by atoms with Crippen molar-refractivity contribution >= 4 is 17.5 Å². The molecule has 0 amide bonds. The molecule has 3 rings (SSSR count). The van der Waals surface area contributed by atoms with E-state index < -0.39 is 0 Å². The number of nitrogen functional groups attached to an aromatic ring is 1. The lowest BCUT2D eigenvalue weighted by atomic mass is 9.98. The van der Waals surface area contributed by atoms with Crippen molar-refractivity contribution < 1.29 is 9.53 Å². The van der Waals surface area contributed by atoms with E-state index in [4.69, 9.17) is 10.5 Å². The first-order chi connectivity index (χ1) is 12.6. The maximum atomic E-state index is 11.9. The van der Waals surface area contributed by atoms with Gasteiger partial charge in [0.15, 0.2) is 0 Å². The summed E-state index contributed by atoms with van der Waals surface area (Å²) >= 11 is 0. The van der Waals surface area contributed by atoms with E-state index in [-0.39, 0.29) is 5.97 Å². The third-order valence-electron chi connectivity index (χ3n) is 4.27. The lowest BCUT2D eigenvalue weighted by molar-refractivity contribution is 0.0601. The molecule has 132 valence electrons. The second-order valence-corrected chi connectivity index (χ2v) is 5.98. The minimum Gasteiger partial charge on any atom is -0.465 e. The number of hydrogen-bond acceptors (Lipinski definition) is 5. The van der Waals surface area contributed by atoms with Crippen LogP contribution in [0.1, 0.15) is 21.5 Å². The number of ether oxygens (including phenoxy) is 1. The maximum absolute atomic E-state index is 11.9. The number of anilines is 2. The van der Waals surface area contributed by atoms with Gasteiger partial charge in [0.1, 0.15) is 5.82 Å². The molecule has 1 aromatic heterocycles. The molecular formula is C21H21N3O2. The standard InChI is InChI=1S/C21H21N3O2/c1-14-11-12-23-20(19(14)22)24-13-15-7-9-16(10-8-15)17-5-3-4-6-18(17)21(25)26-2/h3-12H,13,22H2,1-2H3,(H,23,24).